The molecule has 0 amide bonds. The van der Waals surface area contributed by atoms with Crippen molar-refractivity contribution in [1.29, 1.82) is 0 Å². The van der Waals surface area contributed by atoms with Crippen LogP contribution in [0.1, 0.15) is 20.3 Å². The third-order valence-corrected chi connectivity index (χ3v) is 1.99. The van der Waals surface area contributed by atoms with Gasteiger partial charge >= 0.3 is 0 Å². The minimum atomic E-state index is -2.23. The van der Waals surface area contributed by atoms with Gasteiger partial charge in [0.25, 0.3) is 6.43 Å². The van der Waals surface area contributed by atoms with Gasteiger partial charge in [0.2, 0.25) is 0 Å². The van der Waals surface area contributed by atoms with Crippen molar-refractivity contribution in [2.75, 3.05) is 33.2 Å². The lowest BCUT2D eigenvalue weighted by Gasteiger charge is -2.21. The Morgan fingerprint density at radius 2 is 1.93 bits per heavy atom. The molecule has 14 heavy (non-hydrogen) atoms. The second kappa shape index (κ2) is 8.12. The predicted octanol–water partition coefficient (Wildman–Crippen LogP) is 1.82. The summed E-state index contributed by atoms with van der Waals surface area (Å²) >= 11 is 0. The van der Waals surface area contributed by atoms with Crippen molar-refractivity contribution < 1.29 is 8.78 Å². The quantitative estimate of drug-likeness (QED) is 0.612. The largest absolute Gasteiger partial charge is 0.316 e. The molecular weight excluding hydrogens is 186 g/mol. The van der Waals surface area contributed by atoms with E-state index in [4.69, 9.17) is 0 Å². The molecule has 0 aliphatic rings. The predicted molar refractivity (Wildman–Crippen MR) is 55.8 cm³/mol. The standard InChI is InChI=1S/C10H22F2N2/c1-4-5-13-6-9(2)7-14(3)8-10(11)12/h9-10,13H,4-8H2,1-3H3. The second-order valence-electron chi connectivity index (χ2n) is 3.92. The van der Waals surface area contributed by atoms with E-state index in [0.717, 1.165) is 26.1 Å². The van der Waals surface area contributed by atoms with Crippen LogP contribution in [0.3, 0.4) is 0 Å². The Balaban J connectivity index is 3.44. The van der Waals surface area contributed by atoms with Gasteiger partial charge in [-0.25, -0.2) is 8.78 Å². The molecule has 0 aromatic rings. The first kappa shape index (κ1) is 13.8. The second-order valence-corrected chi connectivity index (χ2v) is 3.92. The molecule has 1 unspecified atom stereocenters. The van der Waals surface area contributed by atoms with Crippen LogP contribution in [0.4, 0.5) is 8.78 Å². The summed E-state index contributed by atoms with van der Waals surface area (Å²) in [6, 6.07) is 0. The number of nitrogens with one attached hydrogen (secondary N) is 1. The molecule has 86 valence electrons. The molecule has 2 nitrogen and oxygen atoms in total. The van der Waals surface area contributed by atoms with Gasteiger partial charge in [-0.2, -0.15) is 0 Å². The van der Waals surface area contributed by atoms with Crippen LogP contribution in [-0.4, -0.2) is 44.6 Å². The summed E-state index contributed by atoms with van der Waals surface area (Å²) in [6.07, 6.45) is -1.12. The van der Waals surface area contributed by atoms with Crippen LogP contribution in [0.25, 0.3) is 0 Å². The Labute approximate surface area is 85.7 Å². The van der Waals surface area contributed by atoms with Crippen molar-refractivity contribution in [1.82, 2.24) is 10.2 Å². The third-order valence-electron chi connectivity index (χ3n) is 1.99. The van der Waals surface area contributed by atoms with Crippen LogP contribution in [0.2, 0.25) is 0 Å². The normalized spacial score (nSPS) is 13.9. The van der Waals surface area contributed by atoms with Crippen molar-refractivity contribution in [2.45, 2.75) is 26.7 Å². The molecular formula is C10H22F2N2. The van der Waals surface area contributed by atoms with Crippen molar-refractivity contribution in [3.63, 3.8) is 0 Å². The molecule has 0 rings (SSSR count). The zero-order valence-corrected chi connectivity index (χ0v) is 9.39. The molecule has 1 N–H and O–H groups in total. The number of halogens is 2. The van der Waals surface area contributed by atoms with Crippen molar-refractivity contribution in [2.24, 2.45) is 5.92 Å². The Bertz CT molecular complexity index is 131. The summed E-state index contributed by atoms with van der Waals surface area (Å²) in [6.45, 7) is 6.69. The van der Waals surface area contributed by atoms with E-state index in [-0.39, 0.29) is 6.54 Å². The summed E-state index contributed by atoms with van der Waals surface area (Å²) in [5.41, 5.74) is 0. The topological polar surface area (TPSA) is 15.3 Å². The fourth-order valence-electron chi connectivity index (χ4n) is 1.43. The van der Waals surface area contributed by atoms with Gasteiger partial charge in [0.05, 0.1) is 6.54 Å². The zero-order valence-electron chi connectivity index (χ0n) is 9.39. The minimum absolute atomic E-state index is 0.127. The summed E-state index contributed by atoms with van der Waals surface area (Å²) in [5.74, 6) is 0.422. The third kappa shape index (κ3) is 8.38. The molecule has 0 aromatic heterocycles. The maximum atomic E-state index is 12.0. The Morgan fingerprint density at radius 3 is 2.43 bits per heavy atom. The molecule has 1 atom stereocenters. The van der Waals surface area contributed by atoms with E-state index >= 15 is 0 Å². The van der Waals surface area contributed by atoms with E-state index in [2.05, 4.69) is 19.2 Å². The van der Waals surface area contributed by atoms with E-state index in [1.807, 2.05) is 0 Å². The number of alkyl halides is 2. The molecule has 0 fully saturated rings. The molecule has 0 saturated heterocycles. The first-order valence-corrected chi connectivity index (χ1v) is 5.23. The van der Waals surface area contributed by atoms with Crippen molar-refractivity contribution in [3.8, 4) is 0 Å². The van der Waals surface area contributed by atoms with Crippen LogP contribution >= 0.6 is 0 Å². The van der Waals surface area contributed by atoms with Gasteiger partial charge in [-0.1, -0.05) is 13.8 Å². The van der Waals surface area contributed by atoms with Crippen LogP contribution in [-0.2, 0) is 0 Å². The average Bonchev–Trinajstić information content (AvgIpc) is 2.02. The average molecular weight is 208 g/mol. The smallest absolute Gasteiger partial charge is 0.251 e. The van der Waals surface area contributed by atoms with Crippen LogP contribution in [0, 0.1) is 5.92 Å². The van der Waals surface area contributed by atoms with E-state index < -0.39 is 6.43 Å². The summed E-state index contributed by atoms with van der Waals surface area (Å²) < 4.78 is 24.0. The highest BCUT2D eigenvalue weighted by atomic mass is 19.3. The highest BCUT2D eigenvalue weighted by molar-refractivity contribution is 4.62. The minimum Gasteiger partial charge on any atom is -0.316 e. The zero-order chi connectivity index (χ0) is 11.0. The van der Waals surface area contributed by atoms with Crippen LogP contribution < -0.4 is 5.32 Å². The van der Waals surface area contributed by atoms with E-state index in [1.165, 1.54) is 0 Å². The first-order valence-electron chi connectivity index (χ1n) is 5.23. The Morgan fingerprint density at radius 1 is 1.29 bits per heavy atom. The first-order chi connectivity index (χ1) is 6.56. The van der Waals surface area contributed by atoms with Gasteiger partial charge < -0.3 is 10.2 Å². The maximum Gasteiger partial charge on any atom is 0.251 e. The molecule has 0 aliphatic carbocycles. The Kier molecular flexibility index (Phi) is 7.99. The SMILES string of the molecule is CCCNCC(C)CN(C)CC(F)F. The van der Waals surface area contributed by atoms with Crippen molar-refractivity contribution >= 4 is 0 Å². The van der Waals surface area contributed by atoms with Gasteiger partial charge in [-0.05, 0) is 32.5 Å². The monoisotopic (exact) mass is 208 g/mol. The maximum absolute atomic E-state index is 12.0. The van der Waals surface area contributed by atoms with Crippen LogP contribution in [0.5, 0.6) is 0 Å². The molecule has 0 aliphatic heterocycles. The van der Waals surface area contributed by atoms with E-state index in [9.17, 15) is 8.78 Å². The van der Waals surface area contributed by atoms with E-state index in [0.29, 0.717) is 5.92 Å². The van der Waals surface area contributed by atoms with Crippen LogP contribution in [0.15, 0.2) is 0 Å². The summed E-state index contributed by atoms with van der Waals surface area (Å²) in [4.78, 5) is 1.68. The lowest BCUT2D eigenvalue weighted by atomic mass is 10.1. The fraction of sp³-hybridized carbons (Fsp3) is 1.00. The Hall–Kier alpha value is -0.220. The van der Waals surface area contributed by atoms with Gasteiger partial charge in [-0.15, -0.1) is 0 Å². The van der Waals surface area contributed by atoms with Gasteiger partial charge in [0.1, 0.15) is 0 Å². The molecule has 0 spiro atoms. The summed E-state index contributed by atoms with van der Waals surface area (Å²) in [7, 11) is 1.74. The van der Waals surface area contributed by atoms with Crippen molar-refractivity contribution in [3.05, 3.63) is 0 Å². The van der Waals surface area contributed by atoms with E-state index in [1.54, 1.807) is 11.9 Å². The number of hydrogen-bond acceptors (Lipinski definition) is 2. The lowest BCUT2D eigenvalue weighted by Crippen LogP contribution is -2.33. The highest BCUT2D eigenvalue weighted by Crippen LogP contribution is 2.00. The summed E-state index contributed by atoms with van der Waals surface area (Å²) in [5, 5.41) is 3.28. The van der Waals surface area contributed by atoms with Gasteiger partial charge in [-0.3, -0.25) is 0 Å². The number of rotatable bonds is 8. The molecule has 4 heteroatoms. The molecule has 0 aromatic carbocycles. The lowest BCUT2D eigenvalue weighted by molar-refractivity contribution is 0.0943. The number of nitrogens with zero attached hydrogens (tertiary/aromatic N) is 1. The molecule has 0 bridgehead atoms. The molecule has 0 saturated carbocycles. The van der Waals surface area contributed by atoms with Gasteiger partial charge in [0.15, 0.2) is 0 Å². The number of hydrogen-bond donors (Lipinski definition) is 1. The highest BCUT2D eigenvalue weighted by Gasteiger charge is 2.10. The fourth-order valence-corrected chi connectivity index (χ4v) is 1.43. The molecule has 0 radical (unpaired) electrons. The van der Waals surface area contributed by atoms with Gasteiger partial charge in [0, 0.05) is 6.54 Å². The molecule has 0 heterocycles.